The van der Waals surface area contributed by atoms with Gasteiger partial charge in [-0.05, 0) is 36.8 Å². The number of nitrogens with one attached hydrogen (secondary N) is 1. The number of nitrogens with two attached hydrogens (primary N) is 1. The van der Waals surface area contributed by atoms with Crippen molar-refractivity contribution >= 4 is 22.3 Å². The summed E-state index contributed by atoms with van der Waals surface area (Å²) >= 11 is 0. The van der Waals surface area contributed by atoms with Crippen molar-refractivity contribution in [3.05, 3.63) is 66.4 Å². The van der Waals surface area contributed by atoms with Gasteiger partial charge in [0.15, 0.2) is 0 Å². The molecule has 0 saturated heterocycles. The van der Waals surface area contributed by atoms with Crippen LogP contribution in [0.4, 0.5) is 11.4 Å². The number of rotatable bonds is 3. The van der Waals surface area contributed by atoms with Gasteiger partial charge in [-0.15, -0.1) is 0 Å². The van der Waals surface area contributed by atoms with Crippen LogP contribution in [0.5, 0.6) is 0 Å². The van der Waals surface area contributed by atoms with Gasteiger partial charge in [0.05, 0.1) is 5.52 Å². The maximum absolute atomic E-state index is 5.73. The molecule has 2 aromatic carbocycles. The van der Waals surface area contributed by atoms with Gasteiger partial charge in [-0.25, -0.2) is 0 Å². The van der Waals surface area contributed by atoms with Crippen LogP contribution in [0.3, 0.4) is 0 Å². The third kappa shape index (κ3) is 2.43. The van der Waals surface area contributed by atoms with E-state index < -0.39 is 0 Å². The minimum Gasteiger partial charge on any atom is -0.399 e. The minimum absolute atomic E-state index is 0.210. The summed E-state index contributed by atoms with van der Waals surface area (Å²) in [6.45, 7) is 2.14. The van der Waals surface area contributed by atoms with E-state index in [-0.39, 0.29) is 6.04 Å². The van der Waals surface area contributed by atoms with Gasteiger partial charge < -0.3 is 11.1 Å². The van der Waals surface area contributed by atoms with Crippen molar-refractivity contribution in [2.45, 2.75) is 13.0 Å². The van der Waals surface area contributed by atoms with E-state index in [9.17, 15) is 0 Å². The van der Waals surface area contributed by atoms with Crippen molar-refractivity contribution < 1.29 is 0 Å². The lowest BCUT2D eigenvalue weighted by Crippen LogP contribution is -2.07. The Morgan fingerprint density at radius 2 is 1.75 bits per heavy atom. The summed E-state index contributed by atoms with van der Waals surface area (Å²) < 4.78 is 0. The number of fused-ring (bicyclic) bond motifs is 1. The van der Waals surface area contributed by atoms with Crippen molar-refractivity contribution in [3.63, 3.8) is 0 Å². The zero-order valence-corrected chi connectivity index (χ0v) is 11.4. The van der Waals surface area contributed by atoms with Gasteiger partial charge in [-0.2, -0.15) is 0 Å². The highest BCUT2D eigenvalue weighted by molar-refractivity contribution is 5.91. The summed E-state index contributed by atoms with van der Waals surface area (Å²) in [5.41, 5.74) is 9.82. The molecule has 1 unspecified atom stereocenters. The molecule has 0 amide bonds. The second kappa shape index (κ2) is 5.21. The summed E-state index contributed by atoms with van der Waals surface area (Å²) in [7, 11) is 0. The normalized spacial score (nSPS) is 12.2. The Hall–Kier alpha value is -2.55. The first kappa shape index (κ1) is 12.5. The largest absolute Gasteiger partial charge is 0.399 e. The summed E-state index contributed by atoms with van der Waals surface area (Å²) in [5, 5.41) is 4.68. The van der Waals surface area contributed by atoms with E-state index in [2.05, 4.69) is 35.4 Å². The quantitative estimate of drug-likeness (QED) is 0.702. The molecule has 0 aliphatic rings. The molecule has 0 bridgehead atoms. The number of nitrogen functional groups attached to an aromatic ring is 1. The van der Waals surface area contributed by atoms with E-state index in [4.69, 9.17) is 5.73 Å². The fraction of sp³-hybridized carbons (Fsp3) is 0.118. The maximum atomic E-state index is 5.73. The molecule has 20 heavy (non-hydrogen) atoms. The van der Waals surface area contributed by atoms with E-state index in [1.54, 1.807) is 0 Å². The predicted octanol–water partition coefficient (Wildman–Crippen LogP) is 3.99. The monoisotopic (exact) mass is 263 g/mol. The Morgan fingerprint density at radius 3 is 2.55 bits per heavy atom. The van der Waals surface area contributed by atoms with Crippen LogP contribution in [-0.4, -0.2) is 4.98 Å². The molecule has 0 radical (unpaired) electrons. The summed E-state index contributed by atoms with van der Waals surface area (Å²) in [6, 6.07) is 18.3. The van der Waals surface area contributed by atoms with Crippen LogP contribution in [0, 0.1) is 0 Å². The number of hydrogen-bond donors (Lipinski definition) is 2. The lowest BCUT2D eigenvalue weighted by molar-refractivity contribution is 0.887. The first-order valence-corrected chi connectivity index (χ1v) is 6.70. The molecule has 1 atom stereocenters. The molecular weight excluding hydrogens is 246 g/mol. The van der Waals surface area contributed by atoms with E-state index in [0.29, 0.717) is 0 Å². The average Bonchev–Trinajstić information content (AvgIpc) is 2.48. The molecule has 3 aromatic rings. The number of nitrogens with zero attached hydrogens (tertiary/aromatic N) is 1. The Balaban J connectivity index is 1.91. The van der Waals surface area contributed by atoms with Gasteiger partial charge in [-0.1, -0.05) is 30.3 Å². The van der Waals surface area contributed by atoms with E-state index in [0.717, 1.165) is 22.3 Å². The lowest BCUT2D eigenvalue weighted by Gasteiger charge is -2.17. The van der Waals surface area contributed by atoms with E-state index >= 15 is 0 Å². The third-order valence-electron chi connectivity index (χ3n) is 3.46. The average molecular weight is 263 g/mol. The molecule has 0 aliphatic carbocycles. The second-order valence-corrected chi connectivity index (χ2v) is 4.91. The fourth-order valence-corrected chi connectivity index (χ4v) is 2.32. The minimum atomic E-state index is 0.210. The van der Waals surface area contributed by atoms with Gasteiger partial charge in [-0.3, -0.25) is 4.98 Å². The summed E-state index contributed by atoms with van der Waals surface area (Å²) in [5.74, 6) is 0. The van der Waals surface area contributed by atoms with E-state index in [1.807, 2.05) is 42.6 Å². The molecule has 1 aromatic heterocycles. The molecule has 1 heterocycles. The first-order chi connectivity index (χ1) is 9.74. The van der Waals surface area contributed by atoms with Crippen LogP contribution in [0.2, 0.25) is 0 Å². The first-order valence-electron chi connectivity index (χ1n) is 6.70. The van der Waals surface area contributed by atoms with E-state index in [1.165, 1.54) is 5.56 Å². The number of aromatic nitrogens is 1. The number of benzene rings is 2. The second-order valence-electron chi connectivity index (χ2n) is 4.91. The zero-order chi connectivity index (χ0) is 13.9. The van der Waals surface area contributed by atoms with Crippen molar-refractivity contribution in [1.82, 2.24) is 4.98 Å². The van der Waals surface area contributed by atoms with Crippen LogP contribution in [0.15, 0.2) is 60.8 Å². The standard InChI is InChI=1S/C17H17N3/c1-12(13-6-8-14(18)9-7-13)20-17-10-11-19-16-5-3-2-4-15(16)17/h2-12H,18H2,1H3,(H,19,20). The van der Waals surface area contributed by atoms with Crippen LogP contribution in [0.25, 0.3) is 10.9 Å². The van der Waals surface area contributed by atoms with Gasteiger partial charge in [0.2, 0.25) is 0 Å². The summed E-state index contributed by atoms with van der Waals surface area (Å²) in [4.78, 5) is 4.38. The molecule has 0 saturated carbocycles. The summed E-state index contributed by atoms with van der Waals surface area (Å²) in [6.07, 6.45) is 1.83. The Kier molecular flexibility index (Phi) is 3.25. The smallest absolute Gasteiger partial charge is 0.0722 e. The van der Waals surface area contributed by atoms with Crippen LogP contribution < -0.4 is 11.1 Å². The van der Waals surface area contributed by atoms with Gasteiger partial charge in [0.25, 0.3) is 0 Å². The highest BCUT2D eigenvalue weighted by Gasteiger charge is 2.07. The highest BCUT2D eigenvalue weighted by Crippen LogP contribution is 2.25. The van der Waals surface area contributed by atoms with Gasteiger partial charge in [0, 0.05) is 29.0 Å². The Labute approximate surface area is 118 Å². The molecule has 3 heteroatoms. The molecule has 0 spiro atoms. The van der Waals surface area contributed by atoms with Crippen LogP contribution in [-0.2, 0) is 0 Å². The highest BCUT2D eigenvalue weighted by atomic mass is 14.9. The van der Waals surface area contributed by atoms with Crippen molar-refractivity contribution in [1.29, 1.82) is 0 Å². The Bertz CT molecular complexity index is 714. The van der Waals surface area contributed by atoms with Gasteiger partial charge in [0.1, 0.15) is 0 Å². The maximum Gasteiger partial charge on any atom is 0.0722 e. The number of anilines is 2. The lowest BCUT2D eigenvalue weighted by atomic mass is 10.1. The van der Waals surface area contributed by atoms with Crippen LogP contribution in [0.1, 0.15) is 18.5 Å². The molecule has 100 valence electrons. The topological polar surface area (TPSA) is 50.9 Å². The molecule has 3 rings (SSSR count). The van der Waals surface area contributed by atoms with Crippen LogP contribution >= 0.6 is 0 Å². The number of para-hydroxylation sites is 1. The van der Waals surface area contributed by atoms with Crippen molar-refractivity contribution in [2.24, 2.45) is 0 Å². The molecule has 0 aliphatic heterocycles. The predicted molar refractivity (Wildman–Crippen MR) is 84.6 cm³/mol. The van der Waals surface area contributed by atoms with Crippen molar-refractivity contribution in [2.75, 3.05) is 11.1 Å². The SMILES string of the molecule is CC(Nc1ccnc2ccccc12)c1ccc(N)cc1. The molecule has 3 N–H and O–H groups in total. The van der Waals surface area contributed by atoms with Gasteiger partial charge >= 0.3 is 0 Å². The molecular formula is C17H17N3. The number of pyridine rings is 1. The fourth-order valence-electron chi connectivity index (χ4n) is 2.32. The third-order valence-corrected chi connectivity index (χ3v) is 3.46. The number of hydrogen-bond acceptors (Lipinski definition) is 3. The zero-order valence-electron chi connectivity index (χ0n) is 11.4. The Morgan fingerprint density at radius 1 is 1.00 bits per heavy atom. The molecule has 3 nitrogen and oxygen atoms in total. The van der Waals surface area contributed by atoms with Crippen molar-refractivity contribution in [3.8, 4) is 0 Å². The molecule has 0 fully saturated rings.